The number of hydrogen-bond donors (Lipinski definition) is 0. The van der Waals surface area contributed by atoms with Crippen molar-refractivity contribution in [2.24, 2.45) is 0 Å². The van der Waals surface area contributed by atoms with E-state index in [0.717, 1.165) is 0 Å². The Kier molecular flexibility index (Phi) is 3.50. The number of nitrogens with zero attached hydrogens (tertiary/aromatic N) is 4. The second-order valence-electron chi connectivity index (χ2n) is 4.64. The lowest BCUT2D eigenvalue weighted by Gasteiger charge is -2.07. The molecule has 100 valence electrons. The Morgan fingerprint density at radius 1 is 1.10 bits per heavy atom. The van der Waals surface area contributed by atoms with Crippen LogP contribution in [0.25, 0.3) is 11.5 Å². The zero-order valence-electron chi connectivity index (χ0n) is 11.1. The third-order valence-electron chi connectivity index (χ3n) is 3.12. The Balaban J connectivity index is 1.75. The fraction of sp³-hybridized carbons (Fsp3) is 0.200. The third-order valence-corrected chi connectivity index (χ3v) is 3.12. The van der Waals surface area contributed by atoms with E-state index in [0.29, 0.717) is 29.7 Å². The van der Waals surface area contributed by atoms with Crippen molar-refractivity contribution in [3.05, 3.63) is 60.1 Å². The normalized spacial score (nSPS) is 12.2. The van der Waals surface area contributed by atoms with Gasteiger partial charge in [0.1, 0.15) is 5.69 Å². The van der Waals surface area contributed by atoms with Crippen LogP contribution < -0.4 is 0 Å². The zero-order chi connectivity index (χ0) is 13.8. The molecule has 0 amide bonds. The van der Waals surface area contributed by atoms with Gasteiger partial charge in [0.05, 0.1) is 0 Å². The Morgan fingerprint density at radius 2 is 1.95 bits per heavy atom. The summed E-state index contributed by atoms with van der Waals surface area (Å²) >= 11 is 0. The maximum absolute atomic E-state index is 5.28. The highest BCUT2D eigenvalue weighted by molar-refractivity contribution is 5.46. The molecule has 0 bridgehead atoms. The molecule has 5 heteroatoms. The SMILES string of the molecule is C[C@H](Cc1nc(-c2cccnn2)no1)c1ccccc1. The number of hydrogen-bond acceptors (Lipinski definition) is 5. The van der Waals surface area contributed by atoms with Crippen LogP contribution >= 0.6 is 0 Å². The predicted molar refractivity (Wildman–Crippen MR) is 73.9 cm³/mol. The lowest BCUT2D eigenvalue weighted by Crippen LogP contribution is -1.98. The zero-order valence-corrected chi connectivity index (χ0v) is 11.1. The summed E-state index contributed by atoms with van der Waals surface area (Å²) in [4.78, 5) is 4.37. The topological polar surface area (TPSA) is 64.7 Å². The highest BCUT2D eigenvalue weighted by Gasteiger charge is 2.14. The molecular weight excluding hydrogens is 252 g/mol. The maximum Gasteiger partial charge on any atom is 0.227 e. The van der Waals surface area contributed by atoms with E-state index in [1.807, 2.05) is 24.3 Å². The van der Waals surface area contributed by atoms with Crippen molar-refractivity contribution in [3.8, 4) is 11.5 Å². The quantitative estimate of drug-likeness (QED) is 0.726. The molecule has 2 heterocycles. The molecule has 0 spiro atoms. The lowest BCUT2D eigenvalue weighted by atomic mass is 9.98. The molecule has 20 heavy (non-hydrogen) atoms. The monoisotopic (exact) mass is 266 g/mol. The van der Waals surface area contributed by atoms with Crippen molar-refractivity contribution >= 4 is 0 Å². The van der Waals surface area contributed by atoms with Crippen LogP contribution in [0.1, 0.15) is 24.3 Å². The molecule has 0 N–H and O–H groups in total. The summed E-state index contributed by atoms with van der Waals surface area (Å²) in [7, 11) is 0. The molecule has 3 aromatic rings. The maximum atomic E-state index is 5.28. The first kappa shape index (κ1) is 12.5. The molecule has 5 nitrogen and oxygen atoms in total. The Bertz CT molecular complexity index is 667. The van der Waals surface area contributed by atoms with E-state index in [1.165, 1.54) is 5.56 Å². The molecule has 0 saturated carbocycles. The van der Waals surface area contributed by atoms with Crippen molar-refractivity contribution < 1.29 is 4.52 Å². The van der Waals surface area contributed by atoms with Crippen LogP contribution in [0.3, 0.4) is 0 Å². The van der Waals surface area contributed by atoms with E-state index in [-0.39, 0.29) is 0 Å². The molecule has 1 aromatic carbocycles. The second kappa shape index (κ2) is 5.61. The summed E-state index contributed by atoms with van der Waals surface area (Å²) in [6.07, 6.45) is 2.32. The van der Waals surface area contributed by atoms with Gasteiger partial charge in [0.25, 0.3) is 0 Å². The molecule has 1 atom stereocenters. The molecule has 0 fully saturated rings. The lowest BCUT2D eigenvalue weighted by molar-refractivity contribution is 0.372. The van der Waals surface area contributed by atoms with Gasteiger partial charge < -0.3 is 4.52 Å². The summed E-state index contributed by atoms with van der Waals surface area (Å²) < 4.78 is 5.28. The van der Waals surface area contributed by atoms with E-state index in [9.17, 15) is 0 Å². The van der Waals surface area contributed by atoms with Gasteiger partial charge in [-0.25, -0.2) is 0 Å². The number of benzene rings is 1. The van der Waals surface area contributed by atoms with Gasteiger partial charge in [0, 0.05) is 12.6 Å². The fourth-order valence-corrected chi connectivity index (χ4v) is 2.02. The summed E-state index contributed by atoms with van der Waals surface area (Å²) in [6.45, 7) is 2.14. The number of aromatic nitrogens is 4. The molecule has 0 aliphatic rings. The van der Waals surface area contributed by atoms with Crippen LogP contribution in [-0.2, 0) is 6.42 Å². The number of rotatable bonds is 4. The van der Waals surface area contributed by atoms with Gasteiger partial charge in [0.15, 0.2) is 0 Å². The first-order valence-corrected chi connectivity index (χ1v) is 6.48. The summed E-state index contributed by atoms with van der Waals surface area (Å²) in [5, 5.41) is 11.7. The Hall–Kier alpha value is -2.56. The van der Waals surface area contributed by atoms with Gasteiger partial charge in [-0.15, -0.1) is 5.10 Å². The largest absolute Gasteiger partial charge is 0.339 e. The molecule has 0 aliphatic heterocycles. The van der Waals surface area contributed by atoms with Gasteiger partial charge in [-0.05, 0) is 23.6 Å². The van der Waals surface area contributed by atoms with E-state index in [4.69, 9.17) is 4.52 Å². The van der Waals surface area contributed by atoms with E-state index >= 15 is 0 Å². The van der Waals surface area contributed by atoms with Crippen molar-refractivity contribution in [2.45, 2.75) is 19.3 Å². The summed E-state index contributed by atoms with van der Waals surface area (Å²) in [6, 6.07) is 13.9. The van der Waals surface area contributed by atoms with Crippen molar-refractivity contribution in [3.63, 3.8) is 0 Å². The van der Waals surface area contributed by atoms with Crippen LogP contribution in [0.15, 0.2) is 53.2 Å². The standard InChI is InChI=1S/C15H14N4O/c1-11(12-6-3-2-4-7-12)10-14-17-15(19-20-14)13-8-5-9-16-18-13/h2-9,11H,10H2,1H3/t11-/m1/s1. The molecule has 2 aromatic heterocycles. The minimum atomic E-state index is 0.325. The van der Waals surface area contributed by atoms with Gasteiger partial charge in [0.2, 0.25) is 11.7 Å². The van der Waals surface area contributed by atoms with E-state index in [2.05, 4.69) is 39.4 Å². The average Bonchev–Trinajstić information content (AvgIpc) is 2.97. The molecule has 0 unspecified atom stereocenters. The Labute approximate surface area is 116 Å². The highest BCUT2D eigenvalue weighted by atomic mass is 16.5. The van der Waals surface area contributed by atoms with Gasteiger partial charge in [-0.3, -0.25) is 0 Å². The second-order valence-corrected chi connectivity index (χ2v) is 4.64. The Morgan fingerprint density at radius 3 is 2.70 bits per heavy atom. The smallest absolute Gasteiger partial charge is 0.227 e. The van der Waals surface area contributed by atoms with Crippen LogP contribution in [0.2, 0.25) is 0 Å². The highest BCUT2D eigenvalue weighted by Crippen LogP contribution is 2.20. The van der Waals surface area contributed by atoms with Crippen LogP contribution in [0.4, 0.5) is 0 Å². The predicted octanol–water partition coefficient (Wildman–Crippen LogP) is 2.87. The molecular formula is C15H14N4O. The van der Waals surface area contributed by atoms with E-state index in [1.54, 1.807) is 12.3 Å². The summed E-state index contributed by atoms with van der Waals surface area (Å²) in [5.41, 5.74) is 1.88. The average molecular weight is 266 g/mol. The van der Waals surface area contributed by atoms with Crippen LogP contribution in [0.5, 0.6) is 0 Å². The van der Waals surface area contributed by atoms with Crippen LogP contribution in [0, 0.1) is 0 Å². The van der Waals surface area contributed by atoms with Crippen molar-refractivity contribution in [1.29, 1.82) is 0 Å². The van der Waals surface area contributed by atoms with E-state index < -0.39 is 0 Å². The third kappa shape index (κ3) is 2.71. The minimum Gasteiger partial charge on any atom is -0.339 e. The molecule has 0 saturated heterocycles. The summed E-state index contributed by atoms with van der Waals surface area (Å²) in [5.74, 6) is 1.42. The van der Waals surface area contributed by atoms with Crippen molar-refractivity contribution in [1.82, 2.24) is 20.3 Å². The molecule has 3 rings (SSSR count). The van der Waals surface area contributed by atoms with Gasteiger partial charge in [-0.2, -0.15) is 10.1 Å². The first-order chi connectivity index (χ1) is 9.83. The molecule has 0 radical (unpaired) electrons. The van der Waals surface area contributed by atoms with Crippen LogP contribution in [-0.4, -0.2) is 20.3 Å². The fourth-order valence-electron chi connectivity index (χ4n) is 2.02. The van der Waals surface area contributed by atoms with Crippen molar-refractivity contribution in [2.75, 3.05) is 0 Å². The molecule has 0 aliphatic carbocycles. The van der Waals surface area contributed by atoms with Gasteiger partial charge in [-0.1, -0.05) is 42.4 Å². The van der Waals surface area contributed by atoms with Gasteiger partial charge >= 0.3 is 0 Å². The first-order valence-electron chi connectivity index (χ1n) is 6.48. The minimum absolute atomic E-state index is 0.325.